The number of rotatable bonds is 71. The van der Waals surface area contributed by atoms with Crippen LogP contribution in [0.5, 0.6) is 0 Å². The van der Waals surface area contributed by atoms with Gasteiger partial charge in [-0.1, -0.05) is 364 Å². The van der Waals surface area contributed by atoms with Crippen molar-refractivity contribution >= 4 is 11.9 Å². The summed E-state index contributed by atoms with van der Waals surface area (Å²) >= 11 is 0. The maximum Gasteiger partial charge on any atom is 0.305 e. The molecule has 0 aromatic rings. The van der Waals surface area contributed by atoms with E-state index in [-0.39, 0.29) is 18.5 Å². The molecule has 0 aliphatic carbocycles. The molecule has 0 aliphatic rings. The lowest BCUT2D eigenvalue weighted by Gasteiger charge is -2.20. The Morgan fingerprint density at radius 2 is 0.607 bits per heavy atom. The summed E-state index contributed by atoms with van der Waals surface area (Å²) in [6, 6.07) is -0.625. The smallest absolute Gasteiger partial charge is 0.305 e. The summed E-state index contributed by atoms with van der Waals surface area (Å²) in [6.45, 7) is 4.89. The lowest BCUT2D eigenvalue weighted by Crippen LogP contribution is -2.45. The number of carbonyl (C=O) groups is 2. The Balaban J connectivity index is 3.35. The van der Waals surface area contributed by atoms with Crippen LogP contribution in [0.1, 0.15) is 412 Å². The van der Waals surface area contributed by atoms with Crippen LogP contribution in [-0.2, 0) is 14.3 Å². The quantitative estimate of drug-likeness (QED) is 0.0320. The molecule has 3 N–H and O–H groups in total. The lowest BCUT2D eigenvalue weighted by molar-refractivity contribution is -0.143. The first kappa shape index (κ1) is 81.8. The molecular weight excluding hydrogens is 1030 g/mol. The zero-order valence-corrected chi connectivity index (χ0v) is 56.6. The Morgan fingerprint density at radius 3 is 0.952 bits per heavy atom. The molecule has 0 saturated heterocycles. The van der Waals surface area contributed by atoms with Crippen LogP contribution in [0.15, 0.2) is 48.6 Å². The number of amides is 1. The zero-order chi connectivity index (χ0) is 60.6. The molecule has 84 heavy (non-hydrogen) atoms. The summed E-state index contributed by atoms with van der Waals surface area (Å²) in [5.41, 5.74) is 0. The largest absolute Gasteiger partial charge is 0.466 e. The average molecular weight is 1180 g/mol. The van der Waals surface area contributed by atoms with E-state index in [1.807, 2.05) is 6.08 Å². The van der Waals surface area contributed by atoms with Crippen LogP contribution >= 0.6 is 0 Å². The van der Waals surface area contributed by atoms with Crippen LogP contribution < -0.4 is 5.32 Å². The number of allylic oxidation sites excluding steroid dienone is 7. The third-order valence-electron chi connectivity index (χ3n) is 17.6. The van der Waals surface area contributed by atoms with Crippen molar-refractivity contribution in [3.8, 4) is 0 Å². The molecule has 0 aromatic carbocycles. The number of aliphatic hydroxyl groups is 2. The Bertz CT molecular complexity index is 1400. The molecule has 0 saturated carbocycles. The predicted molar refractivity (Wildman–Crippen MR) is 370 cm³/mol. The highest BCUT2D eigenvalue weighted by Crippen LogP contribution is 2.19. The fraction of sp³-hybridized carbons (Fsp3) is 0.872. The summed E-state index contributed by atoms with van der Waals surface area (Å²) in [7, 11) is 0. The van der Waals surface area contributed by atoms with Crippen molar-refractivity contribution in [2.45, 2.75) is 424 Å². The van der Waals surface area contributed by atoms with Crippen molar-refractivity contribution in [3.05, 3.63) is 48.6 Å². The molecule has 494 valence electrons. The van der Waals surface area contributed by atoms with Crippen LogP contribution in [0.3, 0.4) is 0 Å². The molecule has 0 heterocycles. The molecule has 2 unspecified atom stereocenters. The van der Waals surface area contributed by atoms with Crippen molar-refractivity contribution in [2.75, 3.05) is 13.2 Å². The van der Waals surface area contributed by atoms with Crippen molar-refractivity contribution in [2.24, 2.45) is 0 Å². The van der Waals surface area contributed by atoms with Crippen molar-refractivity contribution < 1.29 is 24.5 Å². The van der Waals surface area contributed by atoms with Crippen molar-refractivity contribution in [1.29, 1.82) is 0 Å². The van der Waals surface area contributed by atoms with Crippen LogP contribution in [-0.4, -0.2) is 47.4 Å². The van der Waals surface area contributed by atoms with E-state index in [1.165, 1.54) is 334 Å². The number of carbonyl (C=O) groups excluding carboxylic acids is 2. The first-order valence-corrected chi connectivity index (χ1v) is 37.9. The standard InChI is InChI=1S/C78H147NO5/c1-3-5-7-9-11-13-15-17-19-43-46-50-54-58-62-66-70-76(81)75(74-80)79-77(82)71-67-63-59-55-51-47-44-41-39-37-35-33-31-29-27-25-23-21-20-22-24-26-28-30-32-34-36-38-40-42-45-49-53-57-61-65-69-73-84-78(83)72-68-64-60-56-52-48-18-16-14-12-10-8-6-4-2/h10,12,16,18,20,22,66,70,75-76,80-81H,3-9,11,13-15,17,19,21,23-65,67-69,71-74H2,1-2H3,(H,79,82)/b12-10-,18-16-,22-20-,70-66+. The number of esters is 1. The van der Waals surface area contributed by atoms with Crippen LogP contribution in [0.4, 0.5) is 0 Å². The van der Waals surface area contributed by atoms with Crippen molar-refractivity contribution in [3.63, 3.8) is 0 Å². The van der Waals surface area contributed by atoms with E-state index in [0.717, 1.165) is 51.4 Å². The first-order valence-electron chi connectivity index (χ1n) is 37.9. The Morgan fingerprint density at radius 1 is 0.333 bits per heavy atom. The van der Waals surface area contributed by atoms with Crippen LogP contribution in [0.2, 0.25) is 0 Å². The van der Waals surface area contributed by atoms with Crippen molar-refractivity contribution in [1.82, 2.24) is 5.32 Å². The van der Waals surface area contributed by atoms with Gasteiger partial charge in [0.05, 0.1) is 25.4 Å². The highest BCUT2D eigenvalue weighted by Gasteiger charge is 2.18. The van der Waals surface area contributed by atoms with E-state index < -0.39 is 12.1 Å². The van der Waals surface area contributed by atoms with Gasteiger partial charge in [0.15, 0.2) is 0 Å². The van der Waals surface area contributed by atoms with E-state index in [1.54, 1.807) is 6.08 Å². The van der Waals surface area contributed by atoms with Gasteiger partial charge >= 0.3 is 5.97 Å². The van der Waals surface area contributed by atoms with E-state index in [0.29, 0.717) is 19.4 Å². The second-order valence-corrected chi connectivity index (χ2v) is 26.0. The van der Waals surface area contributed by atoms with Gasteiger partial charge in [-0.3, -0.25) is 9.59 Å². The number of unbranched alkanes of at least 4 members (excludes halogenated alkanes) is 54. The van der Waals surface area contributed by atoms with Gasteiger partial charge in [-0.2, -0.15) is 0 Å². The van der Waals surface area contributed by atoms with Gasteiger partial charge in [0.2, 0.25) is 5.91 Å². The fourth-order valence-corrected chi connectivity index (χ4v) is 11.8. The normalized spacial score (nSPS) is 12.8. The molecule has 0 aliphatic heterocycles. The number of hydrogen-bond donors (Lipinski definition) is 3. The van der Waals surface area contributed by atoms with Gasteiger partial charge < -0.3 is 20.3 Å². The van der Waals surface area contributed by atoms with Gasteiger partial charge in [0.25, 0.3) is 0 Å². The predicted octanol–water partition coefficient (Wildman–Crippen LogP) is 24.8. The molecule has 1 amide bonds. The molecule has 6 nitrogen and oxygen atoms in total. The van der Waals surface area contributed by atoms with E-state index in [2.05, 4.69) is 55.6 Å². The molecule has 0 spiro atoms. The average Bonchev–Trinajstić information content (AvgIpc) is 3.51. The highest BCUT2D eigenvalue weighted by molar-refractivity contribution is 5.76. The van der Waals surface area contributed by atoms with E-state index >= 15 is 0 Å². The zero-order valence-electron chi connectivity index (χ0n) is 56.6. The third kappa shape index (κ3) is 68.9. The Labute approximate surface area is 525 Å². The summed E-state index contributed by atoms with van der Waals surface area (Å²) in [5, 5.41) is 23.2. The monoisotopic (exact) mass is 1180 g/mol. The van der Waals surface area contributed by atoms with Gasteiger partial charge in [0, 0.05) is 12.8 Å². The molecular formula is C78H147NO5. The molecule has 0 radical (unpaired) electrons. The van der Waals surface area contributed by atoms with Gasteiger partial charge in [-0.25, -0.2) is 0 Å². The molecule has 0 fully saturated rings. The topological polar surface area (TPSA) is 95.9 Å². The molecule has 0 rings (SSSR count). The van der Waals surface area contributed by atoms with Crippen LogP contribution in [0, 0.1) is 0 Å². The van der Waals surface area contributed by atoms with Gasteiger partial charge in [-0.15, -0.1) is 0 Å². The highest BCUT2D eigenvalue weighted by atomic mass is 16.5. The molecule has 0 aromatic heterocycles. The third-order valence-corrected chi connectivity index (χ3v) is 17.6. The molecule has 0 bridgehead atoms. The molecule has 2 atom stereocenters. The summed E-state index contributed by atoms with van der Waals surface area (Å²) in [5.74, 6) is -0.0547. The lowest BCUT2D eigenvalue weighted by atomic mass is 10.0. The summed E-state index contributed by atoms with van der Waals surface area (Å²) in [4.78, 5) is 24.6. The number of hydrogen-bond acceptors (Lipinski definition) is 5. The number of aliphatic hydroxyl groups excluding tert-OH is 2. The maximum absolute atomic E-state index is 12.5. The minimum absolute atomic E-state index is 0.00671. The minimum atomic E-state index is -0.842. The Hall–Kier alpha value is -2.18. The maximum atomic E-state index is 12.5. The van der Waals surface area contributed by atoms with Gasteiger partial charge in [0.1, 0.15) is 0 Å². The van der Waals surface area contributed by atoms with Gasteiger partial charge in [-0.05, 0) is 83.5 Å². The number of ether oxygens (including phenoxy) is 1. The SMILES string of the molecule is CCCC/C=C\C/C=C\CCCCCCCC(=O)OCCCCCCCCCCCCCCCCCC/C=C\CCCCCCCCCCCCCCCCCCCC(=O)NC(CO)C(O)/C=C/CCCCCCCCCCCCCCCC. The van der Waals surface area contributed by atoms with E-state index in [4.69, 9.17) is 4.74 Å². The molecule has 6 heteroatoms. The minimum Gasteiger partial charge on any atom is -0.466 e. The van der Waals surface area contributed by atoms with Crippen LogP contribution in [0.25, 0.3) is 0 Å². The Kier molecular flexibility index (Phi) is 71.4. The van der Waals surface area contributed by atoms with E-state index in [9.17, 15) is 19.8 Å². The second-order valence-electron chi connectivity index (χ2n) is 26.0. The number of nitrogens with one attached hydrogen (secondary N) is 1. The summed E-state index contributed by atoms with van der Waals surface area (Å²) in [6.07, 6.45) is 96.5. The first-order chi connectivity index (χ1) is 41.5. The fourth-order valence-electron chi connectivity index (χ4n) is 11.8. The summed E-state index contributed by atoms with van der Waals surface area (Å²) < 4.78 is 5.49. The second kappa shape index (κ2) is 73.3.